The first kappa shape index (κ1) is 12.4. The maximum atomic E-state index is 11.0. The van der Waals surface area contributed by atoms with Crippen LogP contribution in [0.25, 0.3) is 0 Å². The van der Waals surface area contributed by atoms with Gasteiger partial charge in [-0.15, -0.1) is 0 Å². The van der Waals surface area contributed by atoms with E-state index in [0.717, 1.165) is 10.2 Å². The molecule has 0 amide bonds. The summed E-state index contributed by atoms with van der Waals surface area (Å²) in [5.41, 5.74) is 5.89. The lowest BCUT2D eigenvalue weighted by Crippen LogP contribution is -2.55. The molecule has 1 saturated heterocycles. The normalized spacial score (nSPS) is 19.1. The van der Waals surface area contributed by atoms with Crippen LogP contribution in [0.1, 0.15) is 12.8 Å². The zero-order valence-corrected chi connectivity index (χ0v) is 11.0. The van der Waals surface area contributed by atoms with Gasteiger partial charge in [-0.2, -0.15) is 0 Å². The molecule has 0 aromatic heterocycles. The van der Waals surface area contributed by atoms with Gasteiger partial charge >= 0.3 is 5.97 Å². The van der Waals surface area contributed by atoms with Gasteiger partial charge < -0.3 is 15.7 Å². The monoisotopic (exact) mass is 298 g/mol. The first-order valence-corrected chi connectivity index (χ1v) is 6.33. The van der Waals surface area contributed by atoms with Crippen molar-refractivity contribution >= 4 is 27.6 Å². The number of rotatable bonds is 2. The number of carboxylic acids is 1. The Morgan fingerprint density at radius 1 is 1.29 bits per heavy atom. The second kappa shape index (κ2) is 4.66. The molecule has 1 aromatic rings. The molecule has 0 spiro atoms. The topological polar surface area (TPSA) is 66.6 Å². The van der Waals surface area contributed by atoms with Crippen molar-refractivity contribution < 1.29 is 9.90 Å². The lowest BCUT2D eigenvalue weighted by atomic mass is 9.88. The van der Waals surface area contributed by atoms with Gasteiger partial charge in [-0.05, 0) is 37.1 Å². The fourth-order valence-corrected chi connectivity index (χ4v) is 2.29. The quantitative estimate of drug-likeness (QED) is 0.874. The van der Waals surface area contributed by atoms with Gasteiger partial charge in [0.1, 0.15) is 5.54 Å². The van der Waals surface area contributed by atoms with Crippen molar-refractivity contribution in [2.75, 3.05) is 18.0 Å². The molecule has 92 valence electrons. The summed E-state index contributed by atoms with van der Waals surface area (Å²) < 4.78 is 1.04. The summed E-state index contributed by atoms with van der Waals surface area (Å²) in [6.45, 7) is 1.37. The number of hydrogen-bond acceptors (Lipinski definition) is 3. The Morgan fingerprint density at radius 2 is 1.82 bits per heavy atom. The van der Waals surface area contributed by atoms with E-state index >= 15 is 0 Å². The number of aliphatic carboxylic acids is 1. The molecule has 5 heteroatoms. The van der Waals surface area contributed by atoms with Crippen LogP contribution < -0.4 is 10.6 Å². The summed E-state index contributed by atoms with van der Waals surface area (Å²) >= 11 is 3.39. The minimum Gasteiger partial charge on any atom is -0.480 e. The number of piperidine rings is 1. The molecular weight excluding hydrogens is 284 g/mol. The molecule has 0 saturated carbocycles. The van der Waals surface area contributed by atoms with Crippen molar-refractivity contribution in [3.05, 3.63) is 28.7 Å². The van der Waals surface area contributed by atoms with Crippen LogP contribution >= 0.6 is 15.9 Å². The van der Waals surface area contributed by atoms with Crippen molar-refractivity contribution in [3.8, 4) is 0 Å². The van der Waals surface area contributed by atoms with Gasteiger partial charge in [0.05, 0.1) is 0 Å². The zero-order valence-electron chi connectivity index (χ0n) is 9.40. The van der Waals surface area contributed by atoms with Gasteiger partial charge in [-0.25, -0.2) is 0 Å². The average molecular weight is 299 g/mol. The molecule has 1 fully saturated rings. The number of carbonyl (C=O) groups is 1. The van der Waals surface area contributed by atoms with E-state index in [-0.39, 0.29) is 0 Å². The van der Waals surface area contributed by atoms with Crippen molar-refractivity contribution in [2.45, 2.75) is 18.4 Å². The van der Waals surface area contributed by atoms with Gasteiger partial charge in [0.15, 0.2) is 0 Å². The van der Waals surface area contributed by atoms with Crippen LogP contribution in [-0.4, -0.2) is 29.7 Å². The zero-order chi connectivity index (χ0) is 12.5. The second-order valence-corrected chi connectivity index (χ2v) is 5.34. The summed E-state index contributed by atoms with van der Waals surface area (Å²) in [5.74, 6) is -0.895. The lowest BCUT2D eigenvalue weighted by Gasteiger charge is -2.37. The third kappa shape index (κ3) is 2.61. The van der Waals surface area contributed by atoms with E-state index in [2.05, 4.69) is 20.8 Å². The van der Waals surface area contributed by atoms with Crippen molar-refractivity contribution in [1.29, 1.82) is 0 Å². The molecule has 1 aromatic carbocycles. The Labute approximate surface area is 109 Å². The summed E-state index contributed by atoms with van der Waals surface area (Å²) in [6, 6.07) is 8.01. The van der Waals surface area contributed by atoms with Crippen LogP contribution in [0, 0.1) is 0 Å². The standard InChI is InChI=1S/C12H15BrN2O2/c13-9-1-3-10(4-2-9)15-7-5-12(14,6-8-15)11(16)17/h1-4H,5-8,14H2,(H,16,17). The first-order valence-electron chi connectivity index (χ1n) is 5.54. The van der Waals surface area contributed by atoms with Gasteiger partial charge in [-0.1, -0.05) is 15.9 Å². The highest BCUT2D eigenvalue weighted by Crippen LogP contribution is 2.25. The molecule has 0 unspecified atom stereocenters. The predicted molar refractivity (Wildman–Crippen MR) is 70.1 cm³/mol. The van der Waals surface area contributed by atoms with Crippen LogP contribution in [0.2, 0.25) is 0 Å². The third-order valence-corrected chi connectivity index (χ3v) is 3.80. The predicted octanol–water partition coefficient (Wildman–Crippen LogP) is 1.83. The molecule has 17 heavy (non-hydrogen) atoms. The van der Waals surface area contributed by atoms with E-state index in [1.807, 2.05) is 24.3 Å². The average Bonchev–Trinajstić information content (AvgIpc) is 2.31. The fourth-order valence-electron chi connectivity index (χ4n) is 2.03. The van der Waals surface area contributed by atoms with Gasteiger partial charge in [0, 0.05) is 23.2 Å². The van der Waals surface area contributed by atoms with Crippen molar-refractivity contribution in [3.63, 3.8) is 0 Å². The van der Waals surface area contributed by atoms with Crippen LogP contribution in [0.4, 0.5) is 5.69 Å². The minimum absolute atomic E-state index is 0.485. The number of anilines is 1. The van der Waals surface area contributed by atoms with E-state index in [4.69, 9.17) is 10.8 Å². The Kier molecular flexibility index (Phi) is 3.40. The van der Waals surface area contributed by atoms with E-state index < -0.39 is 11.5 Å². The number of hydrogen-bond donors (Lipinski definition) is 2. The molecule has 1 aliphatic rings. The van der Waals surface area contributed by atoms with Crippen LogP contribution in [0.15, 0.2) is 28.7 Å². The molecule has 0 atom stereocenters. The molecular formula is C12H15BrN2O2. The molecule has 1 aliphatic heterocycles. The van der Waals surface area contributed by atoms with Gasteiger partial charge in [0.2, 0.25) is 0 Å². The number of nitrogens with zero attached hydrogens (tertiary/aromatic N) is 1. The molecule has 4 nitrogen and oxygen atoms in total. The number of halogens is 1. The number of nitrogens with two attached hydrogens (primary N) is 1. The highest BCUT2D eigenvalue weighted by molar-refractivity contribution is 9.10. The van der Waals surface area contributed by atoms with E-state index in [0.29, 0.717) is 25.9 Å². The molecule has 3 N–H and O–H groups in total. The maximum absolute atomic E-state index is 11.0. The lowest BCUT2D eigenvalue weighted by molar-refractivity contribution is -0.144. The number of carboxylic acid groups (broad SMARTS) is 1. The highest BCUT2D eigenvalue weighted by atomic mass is 79.9. The van der Waals surface area contributed by atoms with Gasteiger partial charge in [-0.3, -0.25) is 4.79 Å². The summed E-state index contributed by atoms with van der Waals surface area (Å²) in [4.78, 5) is 13.2. The van der Waals surface area contributed by atoms with E-state index in [9.17, 15) is 4.79 Å². The second-order valence-electron chi connectivity index (χ2n) is 4.42. The van der Waals surface area contributed by atoms with Crippen LogP contribution in [-0.2, 0) is 4.79 Å². The summed E-state index contributed by atoms with van der Waals surface area (Å²) in [7, 11) is 0. The van der Waals surface area contributed by atoms with E-state index in [1.54, 1.807) is 0 Å². The molecule has 0 bridgehead atoms. The van der Waals surface area contributed by atoms with Crippen molar-refractivity contribution in [1.82, 2.24) is 0 Å². The molecule has 0 aliphatic carbocycles. The first-order chi connectivity index (χ1) is 8.01. The molecule has 0 radical (unpaired) electrons. The van der Waals surface area contributed by atoms with Gasteiger partial charge in [0.25, 0.3) is 0 Å². The highest BCUT2D eigenvalue weighted by Gasteiger charge is 2.37. The van der Waals surface area contributed by atoms with Crippen LogP contribution in [0.3, 0.4) is 0 Å². The molecule has 2 rings (SSSR count). The Bertz CT molecular complexity index is 411. The smallest absolute Gasteiger partial charge is 0.323 e. The minimum atomic E-state index is -1.05. The SMILES string of the molecule is NC1(C(=O)O)CCN(c2ccc(Br)cc2)CC1. The Hall–Kier alpha value is -1.07. The van der Waals surface area contributed by atoms with E-state index in [1.165, 1.54) is 0 Å². The molecule has 1 heterocycles. The summed E-state index contributed by atoms with van der Waals surface area (Å²) in [5, 5.41) is 9.04. The maximum Gasteiger partial charge on any atom is 0.323 e. The van der Waals surface area contributed by atoms with Crippen LogP contribution in [0.5, 0.6) is 0 Å². The third-order valence-electron chi connectivity index (χ3n) is 3.27. The number of benzene rings is 1. The van der Waals surface area contributed by atoms with Crippen molar-refractivity contribution in [2.24, 2.45) is 5.73 Å². The Morgan fingerprint density at radius 3 is 2.29 bits per heavy atom. The Balaban J connectivity index is 2.04. The summed E-state index contributed by atoms with van der Waals surface area (Å²) in [6.07, 6.45) is 0.969. The fraction of sp³-hybridized carbons (Fsp3) is 0.417. The largest absolute Gasteiger partial charge is 0.480 e.